The van der Waals surface area contributed by atoms with E-state index in [9.17, 15) is 4.79 Å². The minimum atomic E-state index is -0.312. The van der Waals surface area contributed by atoms with Crippen LogP contribution in [0.5, 0.6) is 5.75 Å². The van der Waals surface area contributed by atoms with Crippen molar-refractivity contribution in [2.24, 2.45) is 7.05 Å². The van der Waals surface area contributed by atoms with E-state index in [1.165, 1.54) is 10.9 Å². The van der Waals surface area contributed by atoms with Crippen molar-refractivity contribution in [2.75, 3.05) is 18.5 Å². The molecule has 0 unspecified atom stereocenters. The largest absolute Gasteiger partial charge is 0.487 e. The molecule has 0 aliphatic rings. The summed E-state index contributed by atoms with van der Waals surface area (Å²) < 4.78 is 7.70. The van der Waals surface area contributed by atoms with Crippen LogP contribution < -0.4 is 10.1 Å². The summed E-state index contributed by atoms with van der Waals surface area (Å²) in [6.45, 7) is 1.90. The maximum absolute atomic E-state index is 12.4. The average Bonchev–Trinajstić information content (AvgIpc) is 2.80. The summed E-state index contributed by atoms with van der Waals surface area (Å²) in [5, 5.41) is 15.6. The second kappa shape index (κ2) is 6.73. The molecule has 1 amide bonds. The standard InChI is InChI=1S/C14H16BrN3O3/c1-9-7-10(15)3-4-11(9)17-14(20)13-12(21-6-5-19)8-16-18(13)2/h3-4,7-8,19H,5-6H2,1-2H3,(H,17,20). The molecule has 0 aliphatic heterocycles. The van der Waals surface area contributed by atoms with E-state index in [2.05, 4.69) is 26.3 Å². The number of amides is 1. The third kappa shape index (κ3) is 3.62. The number of benzene rings is 1. The number of anilines is 1. The molecule has 0 spiro atoms. The molecule has 21 heavy (non-hydrogen) atoms. The third-order valence-electron chi connectivity index (χ3n) is 2.91. The van der Waals surface area contributed by atoms with Crippen LogP contribution in [-0.4, -0.2) is 34.0 Å². The Morgan fingerprint density at radius 1 is 1.52 bits per heavy atom. The predicted octanol–water partition coefficient (Wildman–Crippen LogP) is 2.11. The molecular formula is C14H16BrN3O3. The summed E-state index contributed by atoms with van der Waals surface area (Å²) in [5.41, 5.74) is 1.97. The Bertz CT molecular complexity index is 655. The quantitative estimate of drug-likeness (QED) is 0.862. The molecule has 0 aliphatic carbocycles. The molecule has 1 aromatic heterocycles. The van der Waals surface area contributed by atoms with Gasteiger partial charge in [-0.25, -0.2) is 0 Å². The number of aromatic nitrogens is 2. The summed E-state index contributed by atoms with van der Waals surface area (Å²) in [5.74, 6) is 0.0344. The molecule has 7 heteroatoms. The number of carbonyl (C=O) groups is 1. The summed E-state index contributed by atoms with van der Waals surface area (Å²) >= 11 is 3.38. The molecule has 112 valence electrons. The number of carbonyl (C=O) groups excluding carboxylic acids is 1. The monoisotopic (exact) mass is 353 g/mol. The molecule has 6 nitrogen and oxygen atoms in total. The van der Waals surface area contributed by atoms with Gasteiger partial charge < -0.3 is 15.2 Å². The first-order chi connectivity index (χ1) is 10.0. The number of halogens is 1. The molecule has 0 saturated carbocycles. The van der Waals surface area contributed by atoms with Crippen molar-refractivity contribution in [1.29, 1.82) is 0 Å². The van der Waals surface area contributed by atoms with E-state index in [0.29, 0.717) is 11.4 Å². The number of hydrogen-bond donors (Lipinski definition) is 2. The average molecular weight is 354 g/mol. The molecule has 0 atom stereocenters. The Kier molecular flexibility index (Phi) is 4.98. The van der Waals surface area contributed by atoms with Gasteiger partial charge >= 0.3 is 0 Å². The number of ether oxygens (including phenoxy) is 1. The van der Waals surface area contributed by atoms with Gasteiger partial charge in [-0.1, -0.05) is 15.9 Å². The van der Waals surface area contributed by atoms with E-state index in [0.717, 1.165) is 15.7 Å². The number of hydrogen-bond acceptors (Lipinski definition) is 4. The SMILES string of the molecule is Cc1cc(Br)ccc1NC(=O)c1c(OCCO)cnn1C. The summed E-state index contributed by atoms with van der Waals surface area (Å²) in [6, 6.07) is 5.60. The van der Waals surface area contributed by atoms with Gasteiger partial charge in [0.2, 0.25) is 0 Å². The van der Waals surface area contributed by atoms with Crippen molar-refractivity contribution < 1.29 is 14.6 Å². The van der Waals surface area contributed by atoms with E-state index in [1.54, 1.807) is 7.05 Å². The second-order valence-electron chi connectivity index (χ2n) is 4.47. The highest BCUT2D eigenvalue weighted by Crippen LogP contribution is 2.23. The maximum atomic E-state index is 12.4. The highest BCUT2D eigenvalue weighted by molar-refractivity contribution is 9.10. The first kappa shape index (κ1) is 15.5. The fraction of sp³-hybridized carbons (Fsp3) is 0.286. The number of aryl methyl sites for hydroxylation is 2. The minimum absolute atomic E-state index is 0.114. The van der Waals surface area contributed by atoms with Gasteiger partial charge in [0.25, 0.3) is 5.91 Å². The van der Waals surface area contributed by atoms with Crippen LogP contribution in [0.3, 0.4) is 0 Å². The van der Waals surface area contributed by atoms with Crippen LogP contribution >= 0.6 is 15.9 Å². The summed E-state index contributed by atoms with van der Waals surface area (Å²) in [6.07, 6.45) is 1.46. The summed E-state index contributed by atoms with van der Waals surface area (Å²) in [4.78, 5) is 12.4. The normalized spacial score (nSPS) is 10.5. The number of rotatable bonds is 5. The van der Waals surface area contributed by atoms with E-state index >= 15 is 0 Å². The lowest BCUT2D eigenvalue weighted by Gasteiger charge is -2.10. The molecule has 1 heterocycles. The van der Waals surface area contributed by atoms with Gasteiger partial charge in [0.05, 0.1) is 12.8 Å². The zero-order valence-corrected chi connectivity index (χ0v) is 13.3. The highest BCUT2D eigenvalue weighted by Gasteiger charge is 2.19. The lowest BCUT2D eigenvalue weighted by atomic mass is 10.2. The molecule has 0 saturated heterocycles. The molecule has 0 bridgehead atoms. The smallest absolute Gasteiger partial charge is 0.277 e. The number of nitrogens with zero attached hydrogens (tertiary/aromatic N) is 2. The fourth-order valence-corrected chi connectivity index (χ4v) is 2.36. The Hall–Kier alpha value is -1.86. The Morgan fingerprint density at radius 3 is 2.95 bits per heavy atom. The molecular weight excluding hydrogens is 338 g/mol. The minimum Gasteiger partial charge on any atom is -0.487 e. The van der Waals surface area contributed by atoms with Gasteiger partial charge in [0.15, 0.2) is 11.4 Å². The van der Waals surface area contributed by atoms with Crippen molar-refractivity contribution in [1.82, 2.24) is 9.78 Å². The van der Waals surface area contributed by atoms with E-state index in [4.69, 9.17) is 9.84 Å². The number of aliphatic hydroxyl groups excluding tert-OH is 1. The van der Waals surface area contributed by atoms with Gasteiger partial charge in [-0.05, 0) is 30.7 Å². The topological polar surface area (TPSA) is 76.4 Å². The van der Waals surface area contributed by atoms with Gasteiger partial charge in [0, 0.05) is 17.2 Å². The third-order valence-corrected chi connectivity index (χ3v) is 3.40. The highest BCUT2D eigenvalue weighted by atomic mass is 79.9. The van der Waals surface area contributed by atoms with E-state index in [1.807, 2.05) is 25.1 Å². The van der Waals surface area contributed by atoms with Crippen LogP contribution in [0.4, 0.5) is 5.69 Å². The van der Waals surface area contributed by atoms with Crippen molar-refractivity contribution in [2.45, 2.75) is 6.92 Å². The molecule has 1 aromatic carbocycles. The van der Waals surface area contributed by atoms with Crippen molar-refractivity contribution >= 4 is 27.5 Å². The second-order valence-corrected chi connectivity index (χ2v) is 5.38. The van der Waals surface area contributed by atoms with Crippen LogP contribution in [0.25, 0.3) is 0 Å². The van der Waals surface area contributed by atoms with Gasteiger partial charge in [0.1, 0.15) is 6.61 Å². The van der Waals surface area contributed by atoms with Crippen LogP contribution in [0.2, 0.25) is 0 Å². The van der Waals surface area contributed by atoms with Crippen molar-refractivity contribution in [3.05, 3.63) is 40.1 Å². The van der Waals surface area contributed by atoms with Gasteiger partial charge in [-0.15, -0.1) is 0 Å². The molecule has 0 fully saturated rings. The Labute approximate surface area is 130 Å². The Balaban J connectivity index is 2.22. The van der Waals surface area contributed by atoms with Crippen LogP contribution in [-0.2, 0) is 7.05 Å². The first-order valence-electron chi connectivity index (χ1n) is 6.36. The molecule has 2 rings (SSSR count). The van der Waals surface area contributed by atoms with Crippen LogP contribution in [0.15, 0.2) is 28.9 Å². The predicted molar refractivity (Wildman–Crippen MR) is 82.6 cm³/mol. The lowest BCUT2D eigenvalue weighted by Crippen LogP contribution is -2.18. The first-order valence-corrected chi connectivity index (χ1v) is 7.15. The number of aliphatic hydroxyl groups is 1. The van der Waals surface area contributed by atoms with Crippen molar-refractivity contribution in [3.8, 4) is 5.75 Å². The summed E-state index contributed by atoms with van der Waals surface area (Å²) in [7, 11) is 1.66. The molecule has 2 N–H and O–H groups in total. The van der Waals surface area contributed by atoms with Crippen LogP contribution in [0.1, 0.15) is 16.1 Å². The molecule has 0 radical (unpaired) electrons. The van der Waals surface area contributed by atoms with Crippen molar-refractivity contribution in [3.63, 3.8) is 0 Å². The van der Waals surface area contributed by atoms with Crippen LogP contribution in [0, 0.1) is 6.92 Å². The fourth-order valence-electron chi connectivity index (χ4n) is 1.89. The Morgan fingerprint density at radius 2 is 2.29 bits per heavy atom. The maximum Gasteiger partial charge on any atom is 0.277 e. The van der Waals surface area contributed by atoms with Gasteiger partial charge in [-0.3, -0.25) is 9.48 Å². The van der Waals surface area contributed by atoms with E-state index in [-0.39, 0.29) is 19.1 Å². The lowest BCUT2D eigenvalue weighted by molar-refractivity contribution is 0.101. The zero-order valence-electron chi connectivity index (χ0n) is 11.8. The van der Waals surface area contributed by atoms with E-state index < -0.39 is 0 Å². The van der Waals surface area contributed by atoms with Gasteiger partial charge in [-0.2, -0.15) is 5.10 Å². The zero-order chi connectivity index (χ0) is 15.4. The number of nitrogens with one attached hydrogen (secondary N) is 1. The molecule has 2 aromatic rings.